The highest BCUT2D eigenvalue weighted by Gasteiger charge is 2.41. The number of rotatable bonds is 6. The number of aliphatic hydroxyl groups excluding tert-OH is 1. The number of imide groups is 1. The molecule has 3 aromatic carbocycles. The van der Waals surface area contributed by atoms with Crippen molar-refractivity contribution in [3.63, 3.8) is 0 Å². The van der Waals surface area contributed by atoms with E-state index in [0.717, 1.165) is 23.3 Å². The zero-order chi connectivity index (χ0) is 27.4. The molecule has 9 heteroatoms. The average Bonchev–Trinajstić information content (AvgIpc) is 3.07. The third-order valence-electron chi connectivity index (χ3n) is 6.30. The van der Waals surface area contributed by atoms with Gasteiger partial charge in [-0.05, 0) is 41.3 Å². The van der Waals surface area contributed by atoms with E-state index in [1.165, 1.54) is 6.92 Å². The molecule has 0 aliphatic carbocycles. The summed E-state index contributed by atoms with van der Waals surface area (Å²) in [7, 11) is 0. The fourth-order valence-electron chi connectivity index (χ4n) is 4.42. The highest BCUT2D eigenvalue weighted by atomic mass is 19.1. The van der Waals surface area contributed by atoms with Crippen LogP contribution in [-0.2, 0) is 14.4 Å². The van der Waals surface area contributed by atoms with Gasteiger partial charge in [0.15, 0.2) is 6.10 Å². The summed E-state index contributed by atoms with van der Waals surface area (Å²) in [6.07, 6.45) is -0.346. The average molecular weight is 520 g/mol. The Morgan fingerprint density at radius 3 is 2.13 bits per heavy atom. The molecule has 3 aromatic rings. The highest BCUT2D eigenvalue weighted by molar-refractivity contribution is 6.04. The molecule has 0 saturated carbocycles. The second-order valence-corrected chi connectivity index (χ2v) is 9.12. The van der Waals surface area contributed by atoms with E-state index < -0.39 is 59.1 Å². The van der Waals surface area contributed by atoms with Crippen LogP contribution in [0.1, 0.15) is 42.2 Å². The maximum atomic E-state index is 13.8. The van der Waals surface area contributed by atoms with Crippen molar-refractivity contribution < 1.29 is 28.3 Å². The fourth-order valence-corrected chi connectivity index (χ4v) is 4.42. The van der Waals surface area contributed by atoms with E-state index in [1.54, 1.807) is 0 Å². The van der Waals surface area contributed by atoms with Crippen LogP contribution in [0.3, 0.4) is 0 Å². The first kappa shape index (κ1) is 26.8. The Morgan fingerprint density at radius 2 is 1.55 bits per heavy atom. The van der Waals surface area contributed by atoms with Crippen LogP contribution in [0.4, 0.5) is 8.78 Å². The Labute approximate surface area is 218 Å². The van der Waals surface area contributed by atoms with Gasteiger partial charge in [-0.15, -0.1) is 0 Å². The standard InChI is InChI=1S/C29H27F2N3O4/c1-17(32)28(37)34(29(38)26(35)21-12-22(30)16-23(31)13-21)25-15-20(18-8-4-2-5-9-18)14-24(33-27(25)36)19-10-6-3-7-11-19/h2-14,16-17,24-26,35H,15,32H2,1H3,(H,33,36)/t17-,24+,25-,26+/m0/s1. The number of amides is 3. The second kappa shape index (κ2) is 11.5. The molecular formula is C29H27F2N3O4. The predicted octanol–water partition coefficient (Wildman–Crippen LogP) is 3.41. The van der Waals surface area contributed by atoms with Crippen LogP contribution in [0.25, 0.3) is 5.57 Å². The lowest BCUT2D eigenvalue weighted by Crippen LogP contribution is -2.56. The van der Waals surface area contributed by atoms with E-state index in [4.69, 9.17) is 5.73 Å². The van der Waals surface area contributed by atoms with E-state index in [2.05, 4.69) is 5.32 Å². The van der Waals surface area contributed by atoms with Crippen molar-refractivity contribution in [3.05, 3.63) is 113 Å². The number of nitrogens with zero attached hydrogens (tertiary/aromatic N) is 1. The molecule has 0 unspecified atom stereocenters. The van der Waals surface area contributed by atoms with Gasteiger partial charge >= 0.3 is 0 Å². The number of hydrogen-bond acceptors (Lipinski definition) is 5. The Hall–Kier alpha value is -4.21. The van der Waals surface area contributed by atoms with Crippen LogP contribution in [0.5, 0.6) is 0 Å². The third-order valence-corrected chi connectivity index (χ3v) is 6.30. The molecule has 38 heavy (non-hydrogen) atoms. The number of nitrogens with two attached hydrogens (primary N) is 1. The molecule has 1 heterocycles. The molecule has 1 aliphatic rings. The van der Waals surface area contributed by atoms with Crippen molar-refractivity contribution in [3.8, 4) is 0 Å². The molecule has 4 N–H and O–H groups in total. The summed E-state index contributed by atoms with van der Waals surface area (Å²) in [6, 6.07) is 17.3. The smallest absolute Gasteiger partial charge is 0.263 e. The Morgan fingerprint density at radius 1 is 0.974 bits per heavy atom. The lowest BCUT2D eigenvalue weighted by Gasteiger charge is -2.32. The van der Waals surface area contributed by atoms with Crippen LogP contribution in [0.15, 0.2) is 84.9 Å². The molecule has 0 spiro atoms. The van der Waals surface area contributed by atoms with Crippen molar-refractivity contribution in [2.24, 2.45) is 5.73 Å². The molecule has 0 bridgehead atoms. The number of carbonyl (C=O) groups is 3. The predicted molar refractivity (Wildman–Crippen MR) is 137 cm³/mol. The number of benzene rings is 3. The minimum Gasteiger partial charge on any atom is -0.378 e. The van der Waals surface area contributed by atoms with Gasteiger partial charge in [-0.3, -0.25) is 19.3 Å². The van der Waals surface area contributed by atoms with Crippen LogP contribution >= 0.6 is 0 Å². The summed E-state index contributed by atoms with van der Waals surface area (Å²) in [5.74, 6) is -4.81. The van der Waals surface area contributed by atoms with E-state index >= 15 is 0 Å². The monoisotopic (exact) mass is 519 g/mol. The summed E-state index contributed by atoms with van der Waals surface area (Å²) in [5, 5.41) is 13.6. The van der Waals surface area contributed by atoms with Gasteiger partial charge in [0.05, 0.1) is 12.1 Å². The van der Waals surface area contributed by atoms with Crippen LogP contribution in [-0.4, -0.2) is 39.8 Å². The van der Waals surface area contributed by atoms with E-state index in [9.17, 15) is 28.3 Å². The van der Waals surface area contributed by atoms with Crippen molar-refractivity contribution in [1.82, 2.24) is 10.2 Å². The Bertz CT molecular complexity index is 1340. The topological polar surface area (TPSA) is 113 Å². The van der Waals surface area contributed by atoms with Crippen LogP contribution < -0.4 is 11.1 Å². The van der Waals surface area contributed by atoms with Gasteiger partial charge in [0.2, 0.25) is 11.8 Å². The Kier molecular flexibility index (Phi) is 8.09. The molecule has 196 valence electrons. The minimum absolute atomic E-state index is 0.0758. The number of halogens is 2. The molecule has 0 fully saturated rings. The number of aliphatic hydroxyl groups is 1. The molecule has 0 radical (unpaired) electrons. The molecular weight excluding hydrogens is 492 g/mol. The zero-order valence-corrected chi connectivity index (χ0v) is 20.6. The molecule has 4 rings (SSSR count). The van der Waals surface area contributed by atoms with Gasteiger partial charge < -0.3 is 16.2 Å². The largest absolute Gasteiger partial charge is 0.378 e. The van der Waals surface area contributed by atoms with Crippen molar-refractivity contribution in [2.45, 2.75) is 37.6 Å². The normalized spacial score (nSPS) is 19.0. The van der Waals surface area contributed by atoms with Crippen molar-refractivity contribution in [2.75, 3.05) is 0 Å². The molecule has 3 amide bonds. The molecule has 0 saturated heterocycles. The highest BCUT2D eigenvalue weighted by Crippen LogP contribution is 2.31. The first-order valence-electron chi connectivity index (χ1n) is 12.0. The maximum Gasteiger partial charge on any atom is 0.263 e. The minimum atomic E-state index is -2.12. The Balaban J connectivity index is 1.78. The summed E-state index contributed by atoms with van der Waals surface area (Å²) in [6.45, 7) is 1.34. The van der Waals surface area contributed by atoms with Gasteiger partial charge in [0, 0.05) is 12.5 Å². The lowest BCUT2D eigenvalue weighted by atomic mass is 9.95. The van der Waals surface area contributed by atoms with E-state index in [1.807, 2.05) is 66.7 Å². The van der Waals surface area contributed by atoms with Gasteiger partial charge in [0.25, 0.3) is 5.91 Å². The van der Waals surface area contributed by atoms with Crippen molar-refractivity contribution >= 4 is 23.3 Å². The van der Waals surface area contributed by atoms with Crippen LogP contribution in [0.2, 0.25) is 0 Å². The van der Waals surface area contributed by atoms with E-state index in [0.29, 0.717) is 16.5 Å². The molecule has 4 atom stereocenters. The summed E-state index contributed by atoms with van der Waals surface area (Å²) in [4.78, 5) is 40.9. The quantitative estimate of drug-likeness (QED) is 0.462. The number of carbonyl (C=O) groups excluding carboxylic acids is 3. The van der Waals surface area contributed by atoms with Crippen molar-refractivity contribution in [1.29, 1.82) is 0 Å². The first-order chi connectivity index (χ1) is 18.2. The molecule has 0 aromatic heterocycles. The van der Waals surface area contributed by atoms with Gasteiger partial charge in [-0.25, -0.2) is 8.78 Å². The summed E-state index contributed by atoms with van der Waals surface area (Å²) >= 11 is 0. The summed E-state index contributed by atoms with van der Waals surface area (Å²) < 4.78 is 27.6. The molecule has 7 nitrogen and oxygen atoms in total. The van der Waals surface area contributed by atoms with Gasteiger partial charge in [-0.2, -0.15) is 0 Å². The van der Waals surface area contributed by atoms with Gasteiger partial charge in [-0.1, -0.05) is 66.7 Å². The molecule has 1 aliphatic heterocycles. The fraction of sp³-hybridized carbons (Fsp3) is 0.207. The second-order valence-electron chi connectivity index (χ2n) is 9.12. The number of nitrogens with one attached hydrogen (secondary N) is 1. The van der Waals surface area contributed by atoms with E-state index in [-0.39, 0.29) is 6.42 Å². The summed E-state index contributed by atoms with van der Waals surface area (Å²) in [5.41, 5.74) is 7.64. The maximum absolute atomic E-state index is 13.8. The first-order valence-corrected chi connectivity index (χ1v) is 12.0. The lowest BCUT2D eigenvalue weighted by molar-refractivity contribution is -0.157. The van der Waals surface area contributed by atoms with Gasteiger partial charge in [0.1, 0.15) is 17.7 Å². The zero-order valence-electron chi connectivity index (χ0n) is 20.6. The SMILES string of the molecule is C[C@H](N)C(=O)N(C(=O)[C@H](O)c1cc(F)cc(F)c1)[C@H]1CC(c2ccccc2)=C[C@H](c2ccccc2)NC1=O. The van der Waals surface area contributed by atoms with Crippen LogP contribution in [0, 0.1) is 11.6 Å². The third kappa shape index (κ3) is 5.85. The number of hydrogen-bond donors (Lipinski definition) is 3.